The molecule has 3 aromatic rings. The Labute approximate surface area is 185 Å². The molecule has 0 amide bonds. The Morgan fingerprint density at radius 1 is 0.964 bits per heavy atom. The molecule has 0 spiro atoms. The summed E-state index contributed by atoms with van der Waals surface area (Å²) < 4.78 is 2.29. The van der Waals surface area contributed by atoms with Gasteiger partial charge in [-0.3, -0.25) is 0 Å². The molecule has 1 atom stereocenters. The number of allylic oxidation sites excluding steroid dienone is 5. The summed E-state index contributed by atoms with van der Waals surface area (Å²) in [4.78, 5) is 0. The van der Waals surface area contributed by atoms with Crippen molar-refractivity contribution in [2.24, 2.45) is 0 Å². The van der Waals surface area contributed by atoms with Crippen LogP contribution in [-0.2, 0) is 6.54 Å². The number of para-hydroxylation sites is 1. The van der Waals surface area contributed by atoms with Crippen molar-refractivity contribution in [2.75, 3.05) is 0 Å². The molecule has 1 aliphatic rings. The van der Waals surface area contributed by atoms with E-state index in [1.54, 1.807) is 0 Å². The number of halogens is 1. The van der Waals surface area contributed by atoms with E-state index in [1.165, 1.54) is 33.2 Å². The van der Waals surface area contributed by atoms with Crippen LogP contribution in [0, 0.1) is 0 Å². The van der Waals surface area contributed by atoms with Crippen molar-refractivity contribution in [2.45, 2.75) is 32.7 Å². The van der Waals surface area contributed by atoms with Crippen LogP contribution in [0.25, 0.3) is 22.6 Å². The van der Waals surface area contributed by atoms with Gasteiger partial charge in [0.15, 0.2) is 6.20 Å². The lowest BCUT2D eigenvalue weighted by Gasteiger charge is -2.21. The first-order chi connectivity index (χ1) is 13.3. The lowest BCUT2D eigenvalue weighted by atomic mass is 9.83. The summed E-state index contributed by atoms with van der Waals surface area (Å²) in [5, 5.41) is 1.29. The van der Waals surface area contributed by atoms with E-state index in [0.717, 1.165) is 13.0 Å². The highest BCUT2D eigenvalue weighted by atomic mass is 127. The Morgan fingerprint density at radius 3 is 2.57 bits per heavy atom. The van der Waals surface area contributed by atoms with E-state index in [9.17, 15) is 0 Å². The first kappa shape index (κ1) is 20.5. The number of fused-ring (bicyclic) bond motifs is 2. The quantitative estimate of drug-likeness (QED) is 0.400. The summed E-state index contributed by atoms with van der Waals surface area (Å²) in [5.41, 5.74) is 6.63. The van der Waals surface area contributed by atoms with Crippen LogP contribution < -0.4 is 28.5 Å². The zero-order chi connectivity index (χ0) is 18.6. The molecule has 1 unspecified atom stereocenters. The standard InChI is InChI=1S/C26H26N.HI/c1-3-20-16-17-21(24-13-6-5-12-23(20)24)10-9-11-22-18-19-27(4-2)26-15-8-7-14-25(22)26;/h5-20H,3-4H2,1-2H3;1H/q+1;/p-1/b11-9+,21-10+;. The van der Waals surface area contributed by atoms with Crippen molar-refractivity contribution in [3.63, 3.8) is 0 Å². The van der Waals surface area contributed by atoms with E-state index in [0.29, 0.717) is 5.92 Å². The Bertz CT molecular complexity index is 1060. The normalized spacial score (nSPS) is 17.1. The molecule has 4 rings (SSSR count). The summed E-state index contributed by atoms with van der Waals surface area (Å²) >= 11 is 0. The topological polar surface area (TPSA) is 3.88 Å². The lowest BCUT2D eigenvalue weighted by molar-refractivity contribution is -0.667. The Morgan fingerprint density at radius 2 is 1.75 bits per heavy atom. The fourth-order valence-electron chi connectivity index (χ4n) is 3.98. The molecular formula is C26H26IN. The van der Waals surface area contributed by atoms with Crippen molar-refractivity contribution in [1.82, 2.24) is 0 Å². The molecule has 0 saturated heterocycles. The van der Waals surface area contributed by atoms with Crippen LogP contribution in [0.5, 0.6) is 0 Å². The zero-order valence-corrected chi connectivity index (χ0v) is 18.6. The lowest BCUT2D eigenvalue weighted by Crippen LogP contribution is -3.00. The molecule has 0 aliphatic heterocycles. The number of nitrogens with zero attached hydrogens (tertiary/aromatic N) is 1. The fraction of sp³-hybridized carbons (Fsp3) is 0.192. The van der Waals surface area contributed by atoms with Crippen molar-refractivity contribution in [3.8, 4) is 0 Å². The molecule has 2 heteroatoms. The third kappa shape index (κ3) is 3.97. The molecule has 0 fully saturated rings. The summed E-state index contributed by atoms with van der Waals surface area (Å²) in [6.07, 6.45) is 14.6. The number of hydrogen-bond acceptors (Lipinski definition) is 0. The van der Waals surface area contributed by atoms with Gasteiger partial charge in [-0.25, -0.2) is 0 Å². The molecular weight excluding hydrogens is 453 g/mol. The molecule has 1 heterocycles. The van der Waals surface area contributed by atoms with Crippen LogP contribution in [0.15, 0.2) is 85.1 Å². The second-order valence-electron chi connectivity index (χ2n) is 7.02. The largest absolute Gasteiger partial charge is 1.00 e. The summed E-state index contributed by atoms with van der Waals surface area (Å²) in [6.45, 7) is 5.42. The molecule has 0 saturated carbocycles. The van der Waals surface area contributed by atoms with Gasteiger partial charge in [-0.2, -0.15) is 4.57 Å². The second-order valence-corrected chi connectivity index (χ2v) is 7.02. The number of aromatic nitrogens is 1. The van der Waals surface area contributed by atoms with Crippen molar-refractivity contribution >= 4 is 22.6 Å². The minimum atomic E-state index is 0. The number of benzene rings is 2. The third-order valence-corrected chi connectivity index (χ3v) is 5.47. The van der Waals surface area contributed by atoms with Crippen molar-refractivity contribution in [1.29, 1.82) is 0 Å². The van der Waals surface area contributed by atoms with Gasteiger partial charge in [-0.15, -0.1) is 0 Å². The maximum absolute atomic E-state index is 2.34. The van der Waals surface area contributed by atoms with E-state index >= 15 is 0 Å². The third-order valence-electron chi connectivity index (χ3n) is 5.47. The smallest absolute Gasteiger partial charge is 0.213 e. The zero-order valence-electron chi connectivity index (χ0n) is 16.5. The predicted molar refractivity (Wildman–Crippen MR) is 115 cm³/mol. The average Bonchev–Trinajstić information content (AvgIpc) is 2.74. The fourth-order valence-corrected chi connectivity index (χ4v) is 3.98. The summed E-state index contributed by atoms with van der Waals surface area (Å²) in [7, 11) is 0. The van der Waals surface area contributed by atoms with Crippen LogP contribution >= 0.6 is 0 Å². The maximum atomic E-state index is 2.34. The Kier molecular flexibility index (Phi) is 6.84. The highest BCUT2D eigenvalue weighted by Crippen LogP contribution is 2.34. The van der Waals surface area contributed by atoms with Gasteiger partial charge in [0.2, 0.25) is 5.52 Å². The molecule has 0 radical (unpaired) electrons. The minimum Gasteiger partial charge on any atom is -1.00 e. The molecule has 1 aliphatic carbocycles. The van der Waals surface area contributed by atoms with Crippen LogP contribution in [0.3, 0.4) is 0 Å². The monoisotopic (exact) mass is 479 g/mol. The van der Waals surface area contributed by atoms with Crippen LogP contribution in [-0.4, -0.2) is 0 Å². The number of aryl methyl sites for hydroxylation is 1. The molecule has 2 aromatic carbocycles. The SMILES string of the molecule is CCC1C=C/C(=C\C=C\c2cc[n+](CC)c3ccccc23)c2ccccc21.[I-]. The maximum Gasteiger partial charge on any atom is 0.213 e. The predicted octanol–water partition coefficient (Wildman–Crippen LogP) is 3.31. The average molecular weight is 479 g/mol. The van der Waals surface area contributed by atoms with E-state index in [2.05, 4.69) is 110 Å². The van der Waals surface area contributed by atoms with Crippen molar-refractivity contribution < 1.29 is 28.5 Å². The van der Waals surface area contributed by atoms with Gasteiger partial charge < -0.3 is 24.0 Å². The summed E-state index contributed by atoms with van der Waals surface area (Å²) in [6, 6.07) is 19.6. The summed E-state index contributed by atoms with van der Waals surface area (Å²) in [5.74, 6) is 0.532. The van der Waals surface area contributed by atoms with Gasteiger partial charge in [0, 0.05) is 18.1 Å². The van der Waals surface area contributed by atoms with Crippen LogP contribution in [0.1, 0.15) is 42.9 Å². The van der Waals surface area contributed by atoms with Gasteiger partial charge >= 0.3 is 0 Å². The number of pyridine rings is 1. The highest BCUT2D eigenvalue weighted by Gasteiger charge is 2.16. The van der Waals surface area contributed by atoms with E-state index in [1.807, 2.05) is 0 Å². The first-order valence-corrected chi connectivity index (χ1v) is 9.89. The Hall–Kier alpha value is -2.20. The Balaban J connectivity index is 0.00000225. The number of hydrogen-bond donors (Lipinski definition) is 0. The molecule has 1 aromatic heterocycles. The minimum absolute atomic E-state index is 0. The van der Waals surface area contributed by atoms with Gasteiger partial charge in [0.25, 0.3) is 0 Å². The van der Waals surface area contributed by atoms with E-state index in [-0.39, 0.29) is 24.0 Å². The molecule has 28 heavy (non-hydrogen) atoms. The molecule has 0 bridgehead atoms. The highest BCUT2D eigenvalue weighted by molar-refractivity contribution is 5.86. The van der Waals surface area contributed by atoms with Crippen LogP contribution in [0.4, 0.5) is 0 Å². The van der Waals surface area contributed by atoms with Gasteiger partial charge in [0.1, 0.15) is 6.54 Å². The van der Waals surface area contributed by atoms with E-state index in [4.69, 9.17) is 0 Å². The number of rotatable bonds is 4. The van der Waals surface area contributed by atoms with Gasteiger partial charge in [-0.05, 0) is 41.7 Å². The second kappa shape index (κ2) is 9.33. The van der Waals surface area contributed by atoms with Crippen molar-refractivity contribution in [3.05, 3.63) is 102 Å². The molecule has 0 N–H and O–H groups in total. The van der Waals surface area contributed by atoms with Gasteiger partial charge in [-0.1, -0.05) is 73.7 Å². The molecule has 1 nitrogen and oxygen atoms in total. The van der Waals surface area contributed by atoms with Gasteiger partial charge in [0.05, 0.1) is 5.39 Å². The molecule has 142 valence electrons. The van der Waals surface area contributed by atoms with Crippen LogP contribution in [0.2, 0.25) is 0 Å². The first-order valence-electron chi connectivity index (χ1n) is 9.89. The van der Waals surface area contributed by atoms with E-state index < -0.39 is 0 Å².